The highest BCUT2D eigenvalue weighted by atomic mass is 16.1. The van der Waals surface area contributed by atoms with Gasteiger partial charge in [-0.1, -0.05) is 12.8 Å². The molecule has 0 amide bonds. The van der Waals surface area contributed by atoms with Crippen molar-refractivity contribution < 1.29 is 4.79 Å². The van der Waals surface area contributed by atoms with Crippen molar-refractivity contribution in [1.29, 1.82) is 0 Å². The van der Waals surface area contributed by atoms with Crippen LogP contribution < -0.4 is 21.4 Å². The van der Waals surface area contributed by atoms with Gasteiger partial charge in [0.1, 0.15) is 5.78 Å². The Morgan fingerprint density at radius 1 is 1.11 bits per heavy atom. The van der Waals surface area contributed by atoms with Gasteiger partial charge in [0.15, 0.2) is 0 Å². The fourth-order valence-electron chi connectivity index (χ4n) is 7.13. The zero-order valence-electron chi connectivity index (χ0n) is 17.3. The molecule has 6 nitrogen and oxygen atoms in total. The summed E-state index contributed by atoms with van der Waals surface area (Å²) in [5, 5.41) is 13.7. The third kappa shape index (κ3) is 3.45. The van der Waals surface area contributed by atoms with Gasteiger partial charge in [-0.25, -0.2) is 10.4 Å². The average Bonchev–Trinajstić information content (AvgIpc) is 3.44. The summed E-state index contributed by atoms with van der Waals surface area (Å²) in [7, 11) is 0. The van der Waals surface area contributed by atoms with Crippen molar-refractivity contribution in [3.63, 3.8) is 0 Å². The van der Waals surface area contributed by atoms with E-state index in [-0.39, 0.29) is 5.54 Å². The molecule has 0 aromatic carbocycles. The summed E-state index contributed by atoms with van der Waals surface area (Å²) in [6.07, 6.45) is 13.6. The van der Waals surface area contributed by atoms with Crippen molar-refractivity contribution in [1.82, 2.24) is 26.4 Å². The van der Waals surface area contributed by atoms with Crippen LogP contribution in [-0.2, 0) is 4.79 Å². The number of rotatable bonds is 6. The summed E-state index contributed by atoms with van der Waals surface area (Å²) in [5.74, 6) is 1.44. The van der Waals surface area contributed by atoms with E-state index in [1.807, 2.05) is 0 Å². The quantitative estimate of drug-likeness (QED) is 0.517. The molecule has 5 rings (SSSR count). The lowest BCUT2D eigenvalue weighted by atomic mass is 9.60. The van der Waals surface area contributed by atoms with Crippen LogP contribution in [0.5, 0.6) is 0 Å². The number of hydrogen-bond acceptors (Lipinski definition) is 6. The Morgan fingerprint density at radius 2 is 2.00 bits per heavy atom. The van der Waals surface area contributed by atoms with Crippen LogP contribution in [0.3, 0.4) is 0 Å². The van der Waals surface area contributed by atoms with E-state index < -0.39 is 0 Å². The van der Waals surface area contributed by atoms with Gasteiger partial charge in [0, 0.05) is 42.9 Å². The van der Waals surface area contributed by atoms with Crippen LogP contribution in [0.1, 0.15) is 70.6 Å². The Hall–Kier alpha value is -0.530. The molecule has 0 aromatic rings. The molecule has 3 aliphatic heterocycles. The maximum Gasteiger partial charge on any atom is 0.133 e. The Kier molecular flexibility index (Phi) is 5.76. The molecule has 4 N–H and O–H groups in total. The molecule has 5 atom stereocenters. The minimum absolute atomic E-state index is 0.171. The number of carbonyl (C=O) groups is 1. The molecule has 3 heterocycles. The van der Waals surface area contributed by atoms with Crippen LogP contribution in [0.15, 0.2) is 0 Å². The SMILES string of the molecule is O=C1CC2CNCCC23C(C1)C(CCCNC1CCCC1)NN3[C@@H]1CCCN1. The van der Waals surface area contributed by atoms with E-state index in [4.69, 9.17) is 0 Å². The van der Waals surface area contributed by atoms with Crippen LogP contribution in [-0.4, -0.2) is 60.8 Å². The molecule has 5 fully saturated rings. The zero-order valence-corrected chi connectivity index (χ0v) is 17.3. The highest BCUT2D eigenvalue weighted by Gasteiger charge is 2.62. The lowest BCUT2D eigenvalue weighted by Crippen LogP contribution is -2.67. The molecule has 0 aromatic heterocycles. The van der Waals surface area contributed by atoms with Crippen molar-refractivity contribution >= 4 is 5.78 Å². The van der Waals surface area contributed by atoms with Gasteiger partial charge in [-0.05, 0) is 70.5 Å². The van der Waals surface area contributed by atoms with Crippen molar-refractivity contribution in [2.45, 2.75) is 94.4 Å². The van der Waals surface area contributed by atoms with Crippen molar-refractivity contribution in [2.24, 2.45) is 11.8 Å². The van der Waals surface area contributed by atoms with Crippen LogP contribution in [0, 0.1) is 11.8 Å². The maximum atomic E-state index is 12.6. The summed E-state index contributed by atoms with van der Waals surface area (Å²) in [6, 6.07) is 1.21. The maximum absolute atomic E-state index is 12.6. The molecule has 28 heavy (non-hydrogen) atoms. The molecule has 2 aliphatic carbocycles. The molecule has 3 saturated heterocycles. The van der Waals surface area contributed by atoms with Gasteiger partial charge in [0.2, 0.25) is 0 Å². The molecule has 5 aliphatic rings. The monoisotopic (exact) mass is 389 g/mol. The Morgan fingerprint density at radius 3 is 2.82 bits per heavy atom. The number of ketones is 1. The van der Waals surface area contributed by atoms with Crippen molar-refractivity contribution in [3.05, 3.63) is 0 Å². The van der Waals surface area contributed by atoms with E-state index in [1.54, 1.807) is 0 Å². The van der Waals surface area contributed by atoms with Gasteiger partial charge >= 0.3 is 0 Å². The lowest BCUT2D eigenvalue weighted by molar-refractivity contribution is -0.132. The smallest absolute Gasteiger partial charge is 0.133 e. The van der Waals surface area contributed by atoms with E-state index in [9.17, 15) is 4.79 Å². The Bertz CT molecular complexity index is 559. The number of hydrazine groups is 1. The fraction of sp³-hybridized carbons (Fsp3) is 0.955. The van der Waals surface area contributed by atoms with Gasteiger partial charge in [-0.2, -0.15) is 0 Å². The predicted molar refractivity (Wildman–Crippen MR) is 111 cm³/mol. The Balaban J connectivity index is 1.29. The Labute approximate surface area is 169 Å². The van der Waals surface area contributed by atoms with E-state index in [1.165, 1.54) is 57.8 Å². The first kappa shape index (κ1) is 19.4. The van der Waals surface area contributed by atoms with Crippen molar-refractivity contribution in [3.8, 4) is 0 Å². The summed E-state index contributed by atoms with van der Waals surface area (Å²) in [6.45, 7) is 4.34. The number of carbonyl (C=O) groups excluding carboxylic acids is 1. The predicted octanol–water partition coefficient (Wildman–Crippen LogP) is 1.52. The van der Waals surface area contributed by atoms with E-state index in [0.717, 1.165) is 45.1 Å². The normalized spacial score (nSPS) is 42.1. The minimum atomic E-state index is 0.171. The topological polar surface area (TPSA) is 68.4 Å². The summed E-state index contributed by atoms with van der Waals surface area (Å²) < 4.78 is 0. The van der Waals surface area contributed by atoms with Gasteiger partial charge in [-0.15, -0.1) is 0 Å². The van der Waals surface area contributed by atoms with Crippen LogP contribution in [0.2, 0.25) is 0 Å². The van der Waals surface area contributed by atoms with Gasteiger partial charge < -0.3 is 16.0 Å². The summed E-state index contributed by atoms with van der Waals surface area (Å²) in [4.78, 5) is 12.6. The number of nitrogens with zero attached hydrogens (tertiary/aromatic N) is 1. The second kappa shape index (κ2) is 8.31. The van der Waals surface area contributed by atoms with Crippen LogP contribution >= 0.6 is 0 Å². The van der Waals surface area contributed by atoms with Gasteiger partial charge in [0.25, 0.3) is 0 Å². The third-order valence-electron chi connectivity index (χ3n) is 8.43. The van der Waals surface area contributed by atoms with Crippen LogP contribution in [0.4, 0.5) is 0 Å². The van der Waals surface area contributed by atoms with Gasteiger partial charge in [0.05, 0.1) is 6.17 Å². The zero-order chi connectivity index (χ0) is 19.0. The number of Topliss-reactive ketones (excluding diaryl/α,β-unsaturated/α-hetero) is 1. The second-order valence-electron chi connectivity index (χ2n) is 9.99. The molecule has 0 bridgehead atoms. The molecular weight excluding hydrogens is 350 g/mol. The molecule has 4 unspecified atom stereocenters. The van der Waals surface area contributed by atoms with Crippen molar-refractivity contribution in [2.75, 3.05) is 26.2 Å². The molecule has 1 spiro atoms. The lowest BCUT2D eigenvalue weighted by Gasteiger charge is -2.54. The first-order valence-corrected chi connectivity index (χ1v) is 12.0. The standard InChI is InChI=1S/C22H39N5O/c28-18-13-16-15-23-12-9-22(16)19(14-18)20(26-27(22)21-8-4-11-25-21)7-3-10-24-17-5-1-2-6-17/h16-17,19-21,23-26H,1-15H2/t16?,19?,20?,21-,22?/m1/s1. The second-order valence-corrected chi connectivity index (χ2v) is 9.99. The number of hydrogen-bond donors (Lipinski definition) is 4. The molecule has 6 heteroatoms. The summed E-state index contributed by atoms with van der Waals surface area (Å²) in [5.41, 5.74) is 4.15. The van der Waals surface area contributed by atoms with E-state index >= 15 is 0 Å². The van der Waals surface area contributed by atoms with Gasteiger partial charge in [-0.3, -0.25) is 4.79 Å². The molecule has 2 saturated carbocycles. The number of piperidine rings is 1. The van der Waals surface area contributed by atoms with E-state index in [0.29, 0.717) is 29.8 Å². The largest absolute Gasteiger partial charge is 0.316 e. The fourth-order valence-corrected chi connectivity index (χ4v) is 7.13. The first-order valence-electron chi connectivity index (χ1n) is 12.0. The van der Waals surface area contributed by atoms with E-state index in [2.05, 4.69) is 26.4 Å². The minimum Gasteiger partial charge on any atom is -0.316 e. The van der Waals surface area contributed by atoms with Crippen LogP contribution in [0.25, 0.3) is 0 Å². The summed E-state index contributed by atoms with van der Waals surface area (Å²) >= 11 is 0. The molecule has 158 valence electrons. The third-order valence-corrected chi connectivity index (χ3v) is 8.43. The first-order chi connectivity index (χ1) is 13.8. The number of nitrogens with one attached hydrogen (secondary N) is 4. The molecule has 0 radical (unpaired) electrons. The highest BCUT2D eigenvalue weighted by Crippen LogP contribution is 2.51. The average molecular weight is 390 g/mol. The highest BCUT2D eigenvalue weighted by molar-refractivity contribution is 5.80. The molecular formula is C22H39N5O.